The molecule has 0 spiro atoms. The van der Waals surface area contributed by atoms with E-state index in [0.717, 1.165) is 12.8 Å². The van der Waals surface area contributed by atoms with E-state index in [-0.39, 0.29) is 0 Å². The minimum absolute atomic E-state index is 1.08. The van der Waals surface area contributed by atoms with E-state index in [1.165, 1.54) is 38.6 Å². The number of rotatable bonds is 0. The van der Waals surface area contributed by atoms with Crippen LogP contribution < -0.4 is 0 Å². The van der Waals surface area contributed by atoms with Gasteiger partial charge in [-0.05, 0) is 58.4 Å². The van der Waals surface area contributed by atoms with Crippen molar-refractivity contribution in [3.8, 4) is 0 Å². The summed E-state index contributed by atoms with van der Waals surface area (Å²) in [6.07, 6.45) is 11.3. The lowest BCUT2D eigenvalue weighted by molar-refractivity contribution is 1.23. The molecule has 2 aromatic rings. The Kier molecular flexibility index (Phi) is 1.69. The quantitative estimate of drug-likeness (QED) is 0.619. The fourth-order valence-electron chi connectivity index (χ4n) is 3.21. The summed E-state index contributed by atoms with van der Waals surface area (Å²) < 4.78 is 0. The largest absolute Gasteiger partial charge is 0.0795 e. The van der Waals surface area contributed by atoms with Gasteiger partial charge in [0, 0.05) is 0 Å². The second-order valence-corrected chi connectivity index (χ2v) is 5.04. The van der Waals surface area contributed by atoms with E-state index in [1.54, 1.807) is 0 Å². The van der Waals surface area contributed by atoms with Crippen LogP contribution in [0.3, 0.4) is 0 Å². The van der Waals surface area contributed by atoms with E-state index in [9.17, 15) is 0 Å². The highest BCUT2D eigenvalue weighted by atomic mass is 14.2. The third kappa shape index (κ3) is 1.13. The average molecular weight is 218 g/mol. The third-order valence-corrected chi connectivity index (χ3v) is 3.99. The normalized spacial score (nSPS) is 15.6. The number of allylic oxidation sites excluding steroid dienone is 2. The molecule has 17 heavy (non-hydrogen) atoms. The Bertz CT molecular complexity index is 700. The van der Waals surface area contributed by atoms with Crippen molar-refractivity contribution in [2.24, 2.45) is 0 Å². The van der Waals surface area contributed by atoms with Gasteiger partial charge in [-0.25, -0.2) is 0 Å². The summed E-state index contributed by atoms with van der Waals surface area (Å²) in [7, 11) is 0. The average Bonchev–Trinajstić information content (AvgIpc) is 2.37. The summed E-state index contributed by atoms with van der Waals surface area (Å²) in [4.78, 5) is 0. The van der Waals surface area contributed by atoms with E-state index in [0.29, 0.717) is 0 Å². The first-order chi connectivity index (χ1) is 8.34. The molecule has 0 N–H and O–H groups in total. The Hall–Kier alpha value is -1.82. The molecule has 2 aromatic carbocycles. The zero-order valence-corrected chi connectivity index (χ0v) is 9.96. The van der Waals surface area contributed by atoms with Crippen LogP contribution >= 0.6 is 0 Å². The van der Waals surface area contributed by atoms with Crippen molar-refractivity contribution in [3.05, 3.63) is 58.2 Å². The van der Waals surface area contributed by atoms with E-state index < -0.39 is 0 Å². The lowest BCUT2D eigenvalue weighted by Gasteiger charge is -2.21. The summed E-state index contributed by atoms with van der Waals surface area (Å²) in [6, 6.07) is 6.95. The first-order valence-electron chi connectivity index (χ1n) is 6.26. The standard InChI is InChI=1S/C17H14/c1-11-10-14-6-2-4-12-8-9-13-5-3-7-15(11)17(13)16(12)14/h2-3,6-10H,4-5H2,1H3. The molecule has 0 aliphatic heterocycles. The smallest absolute Gasteiger partial charge is 0.00647 e. The zero-order valence-electron chi connectivity index (χ0n) is 9.96. The van der Waals surface area contributed by atoms with Crippen LogP contribution in [0.2, 0.25) is 0 Å². The highest BCUT2D eigenvalue weighted by Gasteiger charge is 2.17. The van der Waals surface area contributed by atoms with Gasteiger partial charge in [0.15, 0.2) is 0 Å². The first kappa shape index (κ1) is 9.23. The van der Waals surface area contributed by atoms with E-state index >= 15 is 0 Å². The van der Waals surface area contributed by atoms with Gasteiger partial charge < -0.3 is 0 Å². The van der Waals surface area contributed by atoms with E-state index in [1.807, 2.05) is 0 Å². The van der Waals surface area contributed by atoms with E-state index in [2.05, 4.69) is 49.4 Å². The predicted molar refractivity (Wildman–Crippen MR) is 74.2 cm³/mol. The van der Waals surface area contributed by atoms with Gasteiger partial charge >= 0.3 is 0 Å². The molecule has 2 aliphatic rings. The molecule has 2 aliphatic carbocycles. The molecule has 0 bridgehead atoms. The summed E-state index contributed by atoms with van der Waals surface area (Å²) in [6.45, 7) is 2.22. The van der Waals surface area contributed by atoms with Crippen LogP contribution in [-0.4, -0.2) is 0 Å². The predicted octanol–water partition coefficient (Wildman–Crippen LogP) is 4.29. The highest BCUT2D eigenvalue weighted by Crippen LogP contribution is 2.37. The maximum atomic E-state index is 2.33. The molecular weight excluding hydrogens is 204 g/mol. The van der Waals surface area contributed by atoms with Crippen LogP contribution in [0.15, 0.2) is 30.4 Å². The molecular formula is C17H14. The fourth-order valence-corrected chi connectivity index (χ4v) is 3.21. The molecule has 0 heterocycles. The fraction of sp³-hybridized carbons (Fsp3) is 0.176. The molecule has 0 heteroatoms. The van der Waals surface area contributed by atoms with Crippen LogP contribution in [0, 0.1) is 6.92 Å². The van der Waals surface area contributed by atoms with Gasteiger partial charge in [0.25, 0.3) is 0 Å². The minimum Gasteiger partial charge on any atom is -0.0795 e. The number of hydrogen-bond acceptors (Lipinski definition) is 0. The summed E-state index contributed by atoms with van der Waals surface area (Å²) >= 11 is 0. The Labute approximate surface area is 101 Å². The van der Waals surface area contributed by atoms with Gasteiger partial charge in [0.2, 0.25) is 0 Å². The topological polar surface area (TPSA) is 0 Å². The Balaban J connectivity index is 2.31. The molecule has 0 radical (unpaired) electrons. The lowest BCUT2D eigenvalue weighted by Crippen LogP contribution is -2.01. The van der Waals surface area contributed by atoms with Crippen molar-refractivity contribution in [2.75, 3.05) is 0 Å². The second-order valence-electron chi connectivity index (χ2n) is 5.04. The Morgan fingerprint density at radius 2 is 1.59 bits per heavy atom. The van der Waals surface area contributed by atoms with Crippen LogP contribution in [0.1, 0.15) is 27.8 Å². The first-order valence-corrected chi connectivity index (χ1v) is 6.26. The zero-order chi connectivity index (χ0) is 11.4. The number of benzene rings is 2. The molecule has 0 saturated carbocycles. The minimum atomic E-state index is 1.08. The Morgan fingerprint density at radius 1 is 0.882 bits per heavy atom. The van der Waals surface area contributed by atoms with E-state index in [4.69, 9.17) is 0 Å². The molecule has 0 nitrogen and oxygen atoms in total. The van der Waals surface area contributed by atoms with Crippen LogP contribution in [-0.2, 0) is 12.8 Å². The van der Waals surface area contributed by atoms with Crippen molar-refractivity contribution in [2.45, 2.75) is 19.8 Å². The molecule has 82 valence electrons. The highest BCUT2D eigenvalue weighted by molar-refractivity contribution is 6.03. The second kappa shape index (κ2) is 3.10. The third-order valence-electron chi connectivity index (χ3n) is 3.99. The summed E-state index contributed by atoms with van der Waals surface area (Å²) in [5.41, 5.74) is 7.20. The van der Waals surface area contributed by atoms with Crippen LogP contribution in [0.25, 0.3) is 22.9 Å². The van der Waals surface area contributed by atoms with Crippen molar-refractivity contribution in [1.29, 1.82) is 0 Å². The van der Waals surface area contributed by atoms with Crippen molar-refractivity contribution in [3.63, 3.8) is 0 Å². The van der Waals surface area contributed by atoms with Gasteiger partial charge in [0.05, 0.1) is 0 Å². The molecule has 0 saturated heterocycles. The summed E-state index contributed by atoms with van der Waals surface area (Å²) in [5, 5.41) is 3.00. The van der Waals surface area contributed by atoms with Crippen molar-refractivity contribution < 1.29 is 0 Å². The lowest BCUT2D eigenvalue weighted by atomic mass is 9.83. The molecule has 0 unspecified atom stereocenters. The molecule has 0 aromatic heterocycles. The number of aryl methyl sites for hydroxylation is 1. The molecule has 0 atom stereocenters. The molecule has 0 amide bonds. The molecule has 0 fully saturated rings. The maximum absolute atomic E-state index is 2.33. The van der Waals surface area contributed by atoms with Gasteiger partial charge in [-0.1, -0.05) is 42.5 Å². The number of hydrogen-bond donors (Lipinski definition) is 0. The summed E-state index contributed by atoms with van der Waals surface area (Å²) in [5.74, 6) is 0. The van der Waals surface area contributed by atoms with Crippen molar-refractivity contribution in [1.82, 2.24) is 0 Å². The van der Waals surface area contributed by atoms with Crippen molar-refractivity contribution >= 4 is 22.9 Å². The monoisotopic (exact) mass is 218 g/mol. The van der Waals surface area contributed by atoms with Crippen LogP contribution in [0.4, 0.5) is 0 Å². The Morgan fingerprint density at radius 3 is 2.41 bits per heavy atom. The SMILES string of the molecule is Cc1cc2c3c(ccc4c3c1C=CC4)CC=C2. The van der Waals surface area contributed by atoms with Gasteiger partial charge in [-0.2, -0.15) is 0 Å². The van der Waals surface area contributed by atoms with Crippen LogP contribution in [0.5, 0.6) is 0 Å². The van der Waals surface area contributed by atoms with Gasteiger partial charge in [0.1, 0.15) is 0 Å². The maximum Gasteiger partial charge on any atom is -0.00647 e. The van der Waals surface area contributed by atoms with Gasteiger partial charge in [-0.15, -0.1) is 0 Å². The van der Waals surface area contributed by atoms with Gasteiger partial charge in [-0.3, -0.25) is 0 Å². The molecule has 4 rings (SSSR count).